The van der Waals surface area contributed by atoms with Crippen LogP contribution in [0.15, 0.2) is 182 Å². The van der Waals surface area contributed by atoms with Crippen LogP contribution in [0.1, 0.15) is 25.0 Å². The number of hydrogen-bond donors (Lipinski definition) is 0. The molecule has 2 nitrogen and oxygen atoms in total. The van der Waals surface area contributed by atoms with Crippen LogP contribution in [0.5, 0.6) is 0 Å². The third-order valence-electron chi connectivity index (χ3n) is 11.0. The van der Waals surface area contributed by atoms with E-state index >= 15 is 0 Å². The largest absolute Gasteiger partial charge is 0.228 e. The molecule has 8 aromatic carbocycles. The normalized spacial score (nSPS) is 12.9. The Morgan fingerprint density at radius 2 is 0.849 bits per heavy atom. The summed E-state index contributed by atoms with van der Waals surface area (Å²) >= 11 is 0. The highest BCUT2D eigenvalue weighted by Crippen LogP contribution is 2.52. The van der Waals surface area contributed by atoms with E-state index in [1.165, 1.54) is 60.7 Å². The first kappa shape index (κ1) is 31.1. The molecule has 0 saturated heterocycles. The van der Waals surface area contributed by atoms with Gasteiger partial charge in [-0.2, -0.15) is 0 Å². The fraction of sp³-hybridized carbons (Fsp3) is 0.0588. The molecule has 0 unspecified atom stereocenters. The quantitative estimate of drug-likeness (QED) is 0.181. The second-order valence-corrected chi connectivity index (χ2v) is 14.6. The Morgan fingerprint density at radius 3 is 1.58 bits per heavy atom. The van der Waals surface area contributed by atoms with E-state index in [9.17, 15) is 0 Å². The van der Waals surface area contributed by atoms with E-state index < -0.39 is 0 Å². The van der Waals surface area contributed by atoms with E-state index in [0.717, 1.165) is 39.3 Å². The highest BCUT2D eigenvalue weighted by molar-refractivity contribution is 5.98. The van der Waals surface area contributed by atoms with Crippen molar-refractivity contribution in [2.45, 2.75) is 19.3 Å². The van der Waals surface area contributed by atoms with E-state index in [0.29, 0.717) is 0 Å². The molecule has 0 spiro atoms. The Balaban J connectivity index is 1.13. The van der Waals surface area contributed by atoms with Gasteiger partial charge in [-0.15, -0.1) is 0 Å². The summed E-state index contributed by atoms with van der Waals surface area (Å²) in [5.41, 5.74) is 14.7. The Morgan fingerprint density at radius 1 is 0.358 bits per heavy atom. The van der Waals surface area contributed by atoms with Crippen molar-refractivity contribution in [3.8, 4) is 67.3 Å². The molecule has 2 heteroatoms. The van der Waals surface area contributed by atoms with Gasteiger partial charge in [-0.05, 0) is 84.8 Å². The lowest BCUT2D eigenvalue weighted by Crippen LogP contribution is -2.17. The second kappa shape index (κ2) is 12.3. The minimum absolute atomic E-state index is 0.302. The molecule has 0 radical (unpaired) electrons. The maximum Gasteiger partial charge on any atom is 0.161 e. The topological polar surface area (TPSA) is 25.8 Å². The monoisotopic (exact) mass is 676 g/mol. The second-order valence-electron chi connectivity index (χ2n) is 14.6. The van der Waals surface area contributed by atoms with Crippen molar-refractivity contribution in [1.82, 2.24) is 9.97 Å². The molecular formula is C51H36N2. The lowest BCUT2D eigenvalue weighted by atomic mass is 9.80. The Bertz CT molecular complexity index is 2840. The zero-order valence-electron chi connectivity index (χ0n) is 29.7. The van der Waals surface area contributed by atoms with E-state index in [-0.39, 0.29) is 5.41 Å². The van der Waals surface area contributed by atoms with Crippen LogP contribution in [-0.2, 0) is 5.41 Å². The number of nitrogens with zero attached hydrogens (tertiary/aromatic N) is 2. The SMILES string of the molecule is CC1(C)c2cc3ccccc3cc2-c2nc(-c3cccc4ccccc34)nc(-c3cccc(-c4cccc(-c5ccc(-c6ccccc6)cc5)c4)c3)c21. The van der Waals surface area contributed by atoms with Gasteiger partial charge in [-0.3, -0.25) is 0 Å². The Kier molecular flexibility index (Phi) is 7.19. The van der Waals surface area contributed by atoms with Crippen LogP contribution in [0, 0.1) is 0 Å². The number of benzene rings is 8. The summed E-state index contributed by atoms with van der Waals surface area (Å²) in [6.07, 6.45) is 0. The maximum absolute atomic E-state index is 5.51. The molecule has 1 aliphatic carbocycles. The zero-order valence-corrected chi connectivity index (χ0v) is 29.7. The molecule has 1 heterocycles. The third-order valence-corrected chi connectivity index (χ3v) is 11.0. The van der Waals surface area contributed by atoms with Crippen LogP contribution in [0.25, 0.3) is 88.8 Å². The summed E-state index contributed by atoms with van der Waals surface area (Å²) < 4.78 is 0. The molecule has 10 rings (SSSR count). The highest BCUT2D eigenvalue weighted by atomic mass is 14.9. The molecule has 1 aliphatic rings. The van der Waals surface area contributed by atoms with Crippen molar-refractivity contribution in [2.75, 3.05) is 0 Å². The molecule has 9 aromatic rings. The molecule has 0 bridgehead atoms. The van der Waals surface area contributed by atoms with Crippen LogP contribution in [0.4, 0.5) is 0 Å². The van der Waals surface area contributed by atoms with Crippen LogP contribution in [0.2, 0.25) is 0 Å². The predicted molar refractivity (Wildman–Crippen MR) is 222 cm³/mol. The molecule has 0 amide bonds. The van der Waals surface area contributed by atoms with Crippen molar-refractivity contribution in [1.29, 1.82) is 0 Å². The standard InChI is InChI=1S/C51H36N2/c1-51(2)46-32-41-17-7-6-16-40(41)31-45(46)49-47(51)48(52-50(53-49)44-24-12-18-36-15-8-9-23-43(36)44)42-22-11-21-39(30-42)38-20-10-19-37(29-38)35-27-25-34(26-28-35)33-13-4-3-5-14-33/h3-32H,1-2H3. The summed E-state index contributed by atoms with van der Waals surface area (Å²) in [5, 5.41) is 4.80. The molecule has 250 valence electrons. The van der Waals surface area contributed by atoms with Gasteiger partial charge < -0.3 is 0 Å². The van der Waals surface area contributed by atoms with E-state index in [1.807, 2.05) is 0 Å². The van der Waals surface area contributed by atoms with Crippen molar-refractivity contribution in [3.05, 3.63) is 193 Å². The average Bonchev–Trinajstić information content (AvgIpc) is 3.44. The molecule has 0 atom stereocenters. The van der Waals surface area contributed by atoms with Crippen molar-refractivity contribution in [3.63, 3.8) is 0 Å². The summed E-state index contributed by atoms with van der Waals surface area (Å²) in [7, 11) is 0. The van der Waals surface area contributed by atoms with E-state index in [4.69, 9.17) is 9.97 Å². The van der Waals surface area contributed by atoms with Crippen LogP contribution in [-0.4, -0.2) is 9.97 Å². The molecule has 0 saturated carbocycles. The van der Waals surface area contributed by atoms with E-state index in [1.54, 1.807) is 0 Å². The Labute approximate surface area is 310 Å². The number of fused-ring (bicyclic) bond motifs is 5. The number of aromatic nitrogens is 2. The first-order valence-corrected chi connectivity index (χ1v) is 18.3. The fourth-order valence-corrected chi connectivity index (χ4v) is 8.30. The van der Waals surface area contributed by atoms with Crippen molar-refractivity contribution < 1.29 is 0 Å². The summed E-state index contributed by atoms with van der Waals surface area (Å²) in [6, 6.07) is 65.4. The lowest BCUT2D eigenvalue weighted by Gasteiger charge is -2.24. The maximum atomic E-state index is 5.51. The molecule has 0 N–H and O–H groups in total. The number of rotatable bonds is 5. The summed E-state index contributed by atoms with van der Waals surface area (Å²) in [6.45, 7) is 4.65. The van der Waals surface area contributed by atoms with Gasteiger partial charge in [0.25, 0.3) is 0 Å². The van der Waals surface area contributed by atoms with Gasteiger partial charge in [-0.1, -0.05) is 172 Å². The first-order chi connectivity index (χ1) is 26.0. The zero-order chi connectivity index (χ0) is 35.5. The molecule has 53 heavy (non-hydrogen) atoms. The van der Waals surface area contributed by atoms with Gasteiger partial charge in [0.15, 0.2) is 5.82 Å². The summed E-state index contributed by atoms with van der Waals surface area (Å²) in [5.74, 6) is 0.749. The van der Waals surface area contributed by atoms with Gasteiger partial charge in [-0.25, -0.2) is 9.97 Å². The van der Waals surface area contributed by atoms with Gasteiger partial charge in [0.1, 0.15) is 0 Å². The van der Waals surface area contributed by atoms with Gasteiger partial charge in [0.05, 0.1) is 11.4 Å². The van der Waals surface area contributed by atoms with Crippen LogP contribution >= 0.6 is 0 Å². The number of hydrogen-bond acceptors (Lipinski definition) is 2. The van der Waals surface area contributed by atoms with Crippen LogP contribution < -0.4 is 0 Å². The van der Waals surface area contributed by atoms with E-state index in [2.05, 4.69) is 196 Å². The minimum Gasteiger partial charge on any atom is -0.228 e. The predicted octanol–water partition coefficient (Wildman–Crippen LogP) is 13.4. The average molecular weight is 677 g/mol. The van der Waals surface area contributed by atoms with Crippen molar-refractivity contribution >= 4 is 21.5 Å². The minimum atomic E-state index is -0.302. The fourth-order valence-electron chi connectivity index (χ4n) is 8.30. The molecule has 1 aromatic heterocycles. The summed E-state index contributed by atoms with van der Waals surface area (Å²) in [4.78, 5) is 10.9. The molecule has 0 aliphatic heterocycles. The Hall–Kier alpha value is -6.64. The van der Waals surface area contributed by atoms with Gasteiger partial charge in [0, 0.05) is 27.7 Å². The van der Waals surface area contributed by atoms with Gasteiger partial charge >= 0.3 is 0 Å². The third kappa shape index (κ3) is 5.26. The van der Waals surface area contributed by atoms with Crippen LogP contribution in [0.3, 0.4) is 0 Å². The first-order valence-electron chi connectivity index (χ1n) is 18.3. The van der Waals surface area contributed by atoms with Crippen molar-refractivity contribution in [2.24, 2.45) is 0 Å². The smallest absolute Gasteiger partial charge is 0.161 e. The lowest BCUT2D eigenvalue weighted by molar-refractivity contribution is 0.658. The molecule has 0 fully saturated rings. The van der Waals surface area contributed by atoms with Gasteiger partial charge in [0.2, 0.25) is 0 Å². The highest BCUT2D eigenvalue weighted by Gasteiger charge is 2.40. The molecular weight excluding hydrogens is 641 g/mol.